The average Bonchev–Trinajstić information content (AvgIpc) is 2.97. The SMILES string of the molecule is CCNC(=O)c1ccc2c(c1)C1(CCC(Oc3ncc(Cl)cc3Cl)CC1)C(=O)N2. The number of nitrogens with zero attached hydrogens (tertiary/aromatic N) is 1. The second-order valence-electron chi connectivity index (χ2n) is 7.41. The van der Waals surface area contributed by atoms with E-state index in [4.69, 9.17) is 27.9 Å². The quantitative estimate of drug-likeness (QED) is 0.750. The number of hydrogen-bond donors (Lipinski definition) is 2. The van der Waals surface area contributed by atoms with Crippen molar-refractivity contribution in [1.82, 2.24) is 10.3 Å². The van der Waals surface area contributed by atoms with Gasteiger partial charge < -0.3 is 15.4 Å². The summed E-state index contributed by atoms with van der Waals surface area (Å²) in [5.74, 6) is 0.207. The summed E-state index contributed by atoms with van der Waals surface area (Å²) in [5, 5.41) is 6.60. The lowest BCUT2D eigenvalue weighted by Gasteiger charge is -2.35. The van der Waals surface area contributed by atoms with Gasteiger partial charge in [-0.15, -0.1) is 0 Å². The van der Waals surface area contributed by atoms with Gasteiger partial charge in [-0.2, -0.15) is 0 Å². The number of carbonyl (C=O) groups is 2. The maximum absolute atomic E-state index is 12.9. The van der Waals surface area contributed by atoms with E-state index in [2.05, 4.69) is 15.6 Å². The van der Waals surface area contributed by atoms with Crippen LogP contribution in [-0.2, 0) is 10.2 Å². The maximum atomic E-state index is 12.9. The minimum atomic E-state index is -0.630. The standard InChI is InChI=1S/C21H21Cl2N3O3/c1-2-24-18(27)12-3-4-17-15(9-12)21(20(28)26-17)7-5-14(6-8-21)29-19-16(23)10-13(22)11-25-19/h3-4,9-11,14H,2,5-8H2,1H3,(H,24,27)(H,26,28). The Balaban J connectivity index is 1.53. The smallest absolute Gasteiger partial charge is 0.251 e. The van der Waals surface area contributed by atoms with E-state index in [9.17, 15) is 9.59 Å². The third-order valence-electron chi connectivity index (χ3n) is 5.66. The molecule has 2 heterocycles. The van der Waals surface area contributed by atoms with Gasteiger partial charge >= 0.3 is 0 Å². The number of benzene rings is 1. The van der Waals surface area contributed by atoms with E-state index in [0.29, 0.717) is 53.7 Å². The van der Waals surface area contributed by atoms with Gasteiger partial charge in [0.05, 0.1) is 10.4 Å². The van der Waals surface area contributed by atoms with Gasteiger partial charge in [0.1, 0.15) is 11.1 Å². The summed E-state index contributed by atoms with van der Waals surface area (Å²) in [7, 11) is 0. The van der Waals surface area contributed by atoms with Crippen molar-refractivity contribution in [3.8, 4) is 5.88 Å². The molecule has 1 spiro atoms. The molecule has 0 unspecified atom stereocenters. The monoisotopic (exact) mass is 433 g/mol. The molecule has 6 nitrogen and oxygen atoms in total. The highest BCUT2D eigenvalue weighted by atomic mass is 35.5. The summed E-state index contributed by atoms with van der Waals surface area (Å²) in [6, 6.07) is 6.99. The number of anilines is 1. The molecule has 2 amide bonds. The van der Waals surface area contributed by atoms with Crippen molar-refractivity contribution in [2.75, 3.05) is 11.9 Å². The fraction of sp³-hybridized carbons (Fsp3) is 0.381. The molecule has 8 heteroatoms. The Hall–Kier alpha value is -2.31. The number of halogens is 2. The van der Waals surface area contributed by atoms with Crippen LogP contribution in [0, 0.1) is 0 Å². The van der Waals surface area contributed by atoms with Gasteiger partial charge in [0.15, 0.2) is 0 Å². The van der Waals surface area contributed by atoms with Crippen LogP contribution in [0.5, 0.6) is 5.88 Å². The lowest BCUT2D eigenvalue weighted by atomic mass is 9.69. The fourth-order valence-electron chi connectivity index (χ4n) is 4.16. The third-order valence-corrected chi connectivity index (χ3v) is 6.13. The van der Waals surface area contributed by atoms with Crippen molar-refractivity contribution in [3.63, 3.8) is 0 Å². The van der Waals surface area contributed by atoms with Crippen molar-refractivity contribution in [2.24, 2.45) is 0 Å². The first-order valence-corrected chi connectivity index (χ1v) is 10.4. The Morgan fingerprint density at radius 2 is 2.07 bits per heavy atom. The van der Waals surface area contributed by atoms with Gasteiger partial charge in [-0.1, -0.05) is 23.2 Å². The van der Waals surface area contributed by atoms with Crippen LogP contribution in [0.4, 0.5) is 5.69 Å². The number of carbonyl (C=O) groups excluding carboxylic acids is 2. The topological polar surface area (TPSA) is 80.3 Å². The Labute approximate surface area is 178 Å². The van der Waals surface area contributed by atoms with Crippen LogP contribution in [0.1, 0.15) is 48.5 Å². The first kappa shape index (κ1) is 20.0. The average molecular weight is 434 g/mol. The largest absolute Gasteiger partial charge is 0.473 e. The van der Waals surface area contributed by atoms with Crippen LogP contribution in [0.3, 0.4) is 0 Å². The molecule has 1 fully saturated rings. The number of hydrogen-bond acceptors (Lipinski definition) is 4. The van der Waals surface area contributed by atoms with E-state index in [1.54, 1.807) is 12.1 Å². The van der Waals surface area contributed by atoms with E-state index in [0.717, 1.165) is 11.3 Å². The number of rotatable bonds is 4. The van der Waals surface area contributed by atoms with Crippen LogP contribution < -0.4 is 15.4 Å². The molecule has 1 aromatic carbocycles. The number of pyridine rings is 1. The molecule has 152 valence electrons. The molecule has 0 radical (unpaired) electrons. The predicted octanol–water partition coefficient (Wildman–Crippen LogP) is 4.35. The lowest BCUT2D eigenvalue weighted by Crippen LogP contribution is -2.41. The Kier molecular flexibility index (Phi) is 5.40. The highest BCUT2D eigenvalue weighted by molar-refractivity contribution is 6.35. The second kappa shape index (κ2) is 7.84. The van der Waals surface area contributed by atoms with Crippen LogP contribution in [0.2, 0.25) is 10.0 Å². The summed E-state index contributed by atoms with van der Waals surface area (Å²) in [5.41, 5.74) is 1.61. The molecule has 29 heavy (non-hydrogen) atoms. The zero-order chi connectivity index (χ0) is 20.6. The Morgan fingerprint density at radius 3 is 2.76 bits per heavy atom. The highest BCUT2D eigenvalue weighted by Gasteiger charge is 2.49. The van der Waals surface area contributed by atoms with E-state index >= 15 is 0 Å². The van der Waals surface area contributed by atoms with Crippen molar-refractivity contribution in [1.29, 1.82) is 0 Å². The van der Waals surface area contributed by atoms with Gasteiger partial charge in [0.25, 0.3) is 5.91 Å². The van der Waals surface area contributed by atoms with E-state index in [-0.39, 0.29) is 17.9 Å². The van der Waals surface area contributed by atoms with E-state index in [1.807, 2.05) is 19.1 Å². The Bertz CT molecular complexity index is 972. The van der Waals surface area contributed by atoms with Crippen LogP contribution in [0.15, 0.2) is 30.5 Å². The van der Waals surface area contributed by atoms with Gasteiger partial charge in [0, 0.05) is 24.0 Å². The molecule has 0 saturated heterocycles. The lowest BCUT2D eigenvalue weighted by molar-refractivity contribution is -0.122. The number of nitrogens with one attached hydrogen (secondary N) is 2. The molecule has 1 aliphatic heterocycles. The molecule has 1 aliphatic carbocycles. The second-order valence-corrected chi connectivity index (χ2v) is 8.26. The summed E-state index contributed by atoms with van der Waals surface area (Å²) in [6.45, 7) is 2.43. The molecule has 2 aliphatic rings. The van der Waals surface area contributed by atoms with Gasteiger partial charge in [-0.25, -0.2) is 4.98 Å². The summed E-state index contributed by atoms with van der Waals surface area (Å²) in [4.78, 5) is 29.3. The maximum Gasteiger partial charge on any atom is 0.251 e. The molecule has 2 aromatic rings. The molecule has 0 atom stereocenters. The van der Waals surface area contributed by atoms with E-state index < -0.39 is 5.41 Å². The van der Waals surface area contributed by atoms with Crippen LogP contribution in [0.25, 0.3) is 0 Å². The summed E-state index contributed by atoms with van der Waals surface area (Å²) >= 11 is 12.0. The molecule has 0 bridgehead atoms. The predicted molar refractivity (Wildman–Crippen MR) is 112 cm³/mol. The summed E-state index contributed by atoms with van der Waals surface area (Å²) < 4.78 is 5.96. The molecule has 4 rings (SSSR count). The molecule has 2 N–H and O–H groups in total. The molecule has 1 saturated carbocycles. The number of amides is 2. The zero-order valence-electron chi connectivity index (χ0n) is 15.9. The van der Waals surface area contributed by atoms with Crippen molar-refractivity contribution < 1.29 is 14.3 Å². The summed E-state index contributed by atoms with van der Waals surface area (Å²) in [6.07, 6.45) is 4.02. The van der Waals surface area contributed by atoms with Crippen molar-refractivity contribution >= 4 is 40.7 Å². The zero-order valence-corrected chi connectivity index (χ0v) is 17.4. The van der Waals surface area contributed by atoms with Gasteiger partial charge in [-0.05, 0) is 62.4 Å². The minimum absolute atomic E-state index is 0.0124. The first-order valence-electron chi connectivity index (χ1n) is 9.65. The van der Waals surface area contributed by atoms with E-state index in [1.165, 1.54) is 6.20 Å². The van der Waals surface area contributed by atoms with Crippen LogP contribution in [-0.4, -0.2) is 29.4 Å². The van der Waals surface area contributed by atoms with Crippen molar-refractivity contribution in [2.45, 2.75) is 44.1 Å². The fourth-order valence-corrected chi connectivity index (χ4v) is 4.59. The first-order chi connectivity index (χ1) is 13.9. The molecular weight excluding hydrogens is 413 g/mol. The molecular formula is C21H21Cl2N3O3. The highest BCUT2D eigenvalue weighted by Crippen LogP contribution is 2.48. The third kappa shape index (κ3) is 3.67. The molecule has 1 aromatic heterocycles. The minimum Gasteiger partial charge on any atom is -0.473 e. The number of fused-ring (bicyclic) bond motifs is 2. The number of aromatic nitrogens is 1. The normalized spacial score (nSPS) is 22.9. The number of ether oxygens (including phenoxy) is 1. The van der Waals surface area contributed by atoms with Gasteiger partial charge in [-0.3, -0.25) is 9.59 Å². The van der Waals surface area contributed by atoms with Gasteiger partial charge in [0.2, 0.25) is 11.8 Å². The van der Waals surface area contributed by atoms with Crippen molar-refractivity contribution in [3.05, 3.63) is 51.6 Å². The Morgan fingerprint density at radius 1 is 1.31 bits per heavy atom. The van der Waals surface area contributed by atoms with Crippen LogP contribution >= 0.6 is 23.2 Å².